The Morgan fingerprint density at radius 1 is 1.14 bits per heavy atom. The Labute approximate surface area is 163 Å². The van der Waals surface area contributed by atoms with Crippen molar-refractivity contribution in [3.8, 4) is 5.75 Å². The van der Waals surface area contributed by atoms with Gasteiger partial charge in [-0.25, -0.2) is 13.1 Å². The first-order valence-corrected chi connectivity index (χ1v) is 9.89. The summed E-state index contributed by atoms with van der Waals surface area (Å²) in [6.07, 6.45) is -3.50. The van der Waals surface area contributed by atoms with Crippen LogP contribution >= 0.6 is 11.6 Å². The fourth-order valence-corrected chi connectivity index (χ4v) is 4.14. The van der Waals surface area contributed by atoms with E-state index in [1.165, 1.54) is 30.3 Å². The van der Waals surface area contributed by atoms with Crippen molar-refractivity contribution >= 4 is 33.2 Å². The number of ether oxygens (including phenoxy) is 1. The third-order valence-electron chi connectivity index (χ3n) is 3.74. The molecule has 0 atom stereocenters. The summed E-state index contributed by atoms with van der Waals surface area (Å²) in [6, 6.07) is 8.39. The van der Waals surface area contributed by atoms with Gasteiger partial charge in [-0.3, -0.25) is 4.79 Å². The molecule has 28 heavy (non-hydrogen) atoms. The third kappa shape index (κ3) is 5.15. The van der Waals surface area contributed by atoms with Crippen LogP contribution in [0.4, 0.5) is 18.9 Å². The number of nitrogens with one attached hydrogen (secondary N) is 2. The van der Waals surface area contributed by atoms with Crippen LogP contribution < -0.4 is 14.8 Å². The monoisotopic (exact) mass is 434 g/mol. The molecule has 0 radical (unpaired) electrons. The zero-order valence-corrected chi connectivity index (χ0v) is 15.7. The quantitative estimate of drug-likeness (QED) is 0.721. The highest BCUT2D eigenvalue weighted by Crippen LogP contribution is 2.31. The predicted molar refractivity (Wildman–Crippen MR) is 95.9 cm³/mol. The number of para-hydroxylation sites is 2. The van der Waals surface area contributed by atoms with E-state index in [1.54, 1.807) is 0 Å². The van der Waals surface area contributed by atoms with Crippen molar-refractivity contribution < 1.29 is 31.1 Å². The number of sulfonamides is 1. The average molecular weight is 435 g/mol. The number of halogens is 4. The molecule has 2 aromatic rings. The van der Waals surface area contributed by atoms with Crippen LogP contribution in [0.2, 0.25) is 5.02 Å². The largest absolute Gasteiger partial charge is 0.573 e. The molecule has 2 aromatic carbocycles. The smallest absolute Gasteiger partial charge is 0.404 e. The molecule has 0 saturated heterocycles. The number of hydrogen-bond acceptors (Lipinski definition) is 4. The van der Waals surface area contributed by atoms with E-state index in [1.807, 2.05) is 0 Å². The Hall–Kier alpha value is -2.30. The standard InChI is InChI=1S/C17H14ClF3N2O4S/c18-12-8-5-10(9-15(12)28(25,26)23-11-6-7-11)16(24)22-13-3-1-2-4-14(13)27-17(19,20)21/h1-5,8-9,11,23H,6-7H2,(H,22,24). The van der Waals surface area contributed by atoms with Gasteiger partial charge in [0.1, 0.15) is 4.90 Å². The van der Waals surface area contributed by atoms with E-state index in [0.717, 1.165) is 12.1 Å². The van der Waals surface area contributed by atoms with Crippen LogP contribution in [0, 0.1) is 0 Å². The molecular weight excluding hydrogens is 421 g/mol. The second-order valence-electron chi connectivity index (χ2n) is 6.04. The Bertz CT molecular complexity index is 1010. The maximum absolute atomic E-state index is 12.5. The van der Waals surface area contributed by atoms with Crippen LogP contribution in [-0.4, -0.2) is 26.7 Å². The summed E-state index contributed by atoms with van der Waals surface area (Å²) in [4.78, 5) is 12.2. The summed E-state index contributed by atoms with van der Waals surface area (Å²) in [6.45, 7) is 0. The number of hydrogen-bond donors (Lipinski definition) is 2. The molecule has 0 aliphatic heterocycles. The van der Waals surface area contributed by atoms with Crippen molar-refractivity contribution in [2.45, 2.75) is 30.1 Å². The summed E-state index contributed by atoms with van der Waals surface area (Å²) < 4.78 is 68.6. The summed E-state index contributed by atoms with van der Waals surface area (Å²) in [5.74, 6) is -1.42. The Morgan fingerprint density at radius 2 is 1.82 bits per heavy atom. The molecule has 6 nitrogen and oxygen atoms in total. The van der Waals surface area contributed by atoms with Gasteiger partial charge in [-0.2, -0.15) is 0 Å². The molecule has 11 heteroatoms. The molecule has 1 aliphatic rings. The first-order valence-electron chi connectivity index (χ1n) is 8.03. The SMILES string of the molecule is O=C(Nc1ccccc1OC(F)(F)F)c1ccc(Cl)c(S(=O)(=O)NC2CC2)c1. The van der Waals surface area contributed by atoms with Crippen LogP contribution in [0.25, 0.3) is 0 Å². The van der Waals surface area contributed by atoms with Gasteiger partial charge in [-0.1, -0.05) is 23.7 Å². The molecule has 1 saturated carbocycles. The number of carbonyl (C=O) groups is 1. The van der Waals surface area contributed by atoms with Crippen LogP contribution in [0.15, 0.2) is 47.4 Å². The number of anilines is 1. The molecule has 1 aliphatic carbocycles. The maximum Gasteiger partial charge on any atom is 0.573 e. The van der Waals surface area contributed by atoms with Gasteiger partial charge in [0, 0.05) is 11.6 Å². The Morgan fingerprint density at radius 3 is 2.46 bits per heavy atom. The number of rotatable bonds is 6. The molecule has 0 aromatic heterocycles. The second kappa shape index (κ2) is 7.61. The normalized spacial score (nSPS) is 14.6. The third-order valence-corrected chi connectivity index (χ3v) is 5.75. The van der Waals surface area contributed by atoms with E-state index in [2.05, 4.69) is 14.8 Å². The van der Waals surface area contributed by atoms with Crippen LogP contribution in [0.3, 0.4) is 0 Å². The van der Waals surface area contributed by atoms with Crippen molar-refractivity contribution in [2.75, 3.05) is 5.32 Å². The van der Waals surface area contributed by atoms with Gasteiger partial charge in [0.15, 0.2) is 5.75 Å². The molecule has 3 rings (SSSR count). The molecular formula is C17H14ClF3N2O4S. The second-order valence-corrected chi connectivity index (χ2v) is 8.13. The van der Waals surface area contributed by atoms with Crippen LogP contribution in [0.1, 0.15) is 23.2 Å². The molecule has 150 valence electrons. The Balaban J connectivity index is 1.85. The first-order chi connectivity index (χ1) is 13.0. The van der Waals surface area contributed by atoms with Gasteiger partial charge in [0.05, 0.1) is 10.7 Å². The van der Waals surface area contributed by atoms with Crippen LogP contribution in [-0.2, 0) is 10.0 Å². The minimum atomic E-state index is -4.93. The lowest BCUT2D eigenvalue weighted by atomic mass is 10.2. The lowest BCUT2D eigenvalue weighted by molar-refractivity contribution is -0.274. The predicted octanol–water partition coefficient (Wildman–Crippen LogP) is 3.93. The van der Waals surface area contributed by atoms with E-state index in [4.69, 9.17) is 11.6 Å². The van der Waals surface area contributed by atoms with Crippen molar-refractivity contribution in [1.82, 2.24) is 4.72 Å². The molecule has 0 heterocycles. The summed E-state index contributed by atoms with van der Waals surface area (Å²) in [5, 5.41) is 2.20. The van der Waals surface area contributed by atoms with E-state index < -0.39 is 28.0 Å². The summed E-state index contributed by atoms with van der Waals surface area (Å²) in [7, 11) is -3.92. The van der Waals surface area contributed by atoms with Gasteiger partial charge in [-0.15, -0.1) is 13.2 Å². The van der Waals surface area contributed by atoms with E-state index in [9.17, 15) is 26.4 Å². The number of alkyl halides is 3. The van der Waals surface area contributed by atoms with Gasteiger partial charge >= 0.3 is 6.36 Å². The number of amides is 1. The van der Waals surface area contributed by atoms with Gasteiger partial charge in [0.2, 0.25) is 10.0 Å². The Kier molecular flexibility index (Phi) is 5.55. The molecule has 1 fully saturated rings. The molecule has 0 unspecified atom stereocenters. The fraction of sp³-hybridized carbons (Fsp3) is 0.235. The lowest BCUT2D eigenvalue weighted by Crippen LogP contribution is -2.26. The highest BCUT2D eigenvalue weighted by Gasteiger charge is 2.32. The molecule has 0 bridgehead atoms. The fourth-order valence-electron chi connectivity index (χ4n) is 2.31. The van der Waals surface area contributed by atoms with Crippen molar-refractivity contribution in [3.63, 3.8) is 0 Å². The van der Waals surface area contributed by atoms with E-state index in [-0.39, 0.29) is 27.2 Å². The average Bonchev–Trinajstić information content (AvgIpc) is 3.38. The van der Waals surface area contributed by atoms with E-state index in [0.29, 0.717) is 12.8 Å². The highest BCUT2D eigenvalue weighted by atomic mass is 35.5. The summed E-state index contributed by atoms with van der Waals surface area (Å²) in [5.41, 5.74) is -0.317. The molecule has 2 N–H and O–H groups in total. The highest BCUT2D eigenvalue weighted by molar-refractivity contribution is 7.89. The van der Waals surface area contributed by atoms with Gasteiger partial charge < -0.3 is 10.1 Å². The molecule has 0 spiro atoms. The van der Waals surface area contributed by atoms with Crippen molar-refractivity contribution in [1.29, 1.82) is 0 Å². The number of benzene rings is 2. The molecule has 1 amide bonds. The van der Waals surface area contributed by atoms with Crippen LogP contribution in [0.5, 0.6) is 5.75 Å². The van der Waals surface area contributed by atoms with Crippen molar-refractivity contribution in [3.05, 3.63) is 53.1 Å². The van der Waals surface area contributed by atoms with Gasteiger partial charge in [-0.05, 0) is 43.2 Å². The van der Waals surface area contributed by atoms with E-state index >= 15 is 0 Å². The topological polar surface area (TPSA) is 84.5 Å². The first kappa shape index (κ1) is 20.4. The minimum Gasteiger partial charge on any atom is -0.404 e. The minimum absolute atomic E-state index is 0.0782. The zero-order valence-electron chi connectivity index (χ0n) is 14.1. The maximum atomic E-state index is 12.5. The van der Waals surface area contributed by atoms with Gasteiger partial charge in [0.25, 0.3) is 5.91 Å². The summed E-state index contributed by atoms with van der Waals surface area (Å²) >= 11 is 5.95. The lowest BCUT2D eigenvalue weighted by Gasteiger charge is -2.14. The zero-order chi connectivity index (χ0) is 20.5. The van der Waals surface area contributed by atoms with Crippen molar-refractivity contribution in [2.24, 2.45) is 0 Å². The number of carbonyl (C=O) groups excluding carboxylic acids is 1.